The van der Waals surface area contributed by atoms with Crippen molar-refractivity contribution in [1.29, 1.82) is 0 Å². The van der Waals surface area contributed by atoms with Gasteiger partial charge in [0, 0.05) is 41.2 Å². The lowest BCUT2D eigenvalue weighted by molar-refractivity contribution is 0.0599. The molecule has 0 N–H and O–H groups in total. The number of aryl methyl sites for hydroxylation is 1. The lowest BCUT2D eigenvalue weighted by Gasteiger charge is -2.10. The number of halogens is 1. The molecule has 2 aromatic heterocycles. The van der Waals surface area contributed by atoms with Gasteiger partial charge in [-0.25, -0.2) is 4.79 Å². The number of fused-ring (bicyclic) bond motifs is 1. The van der Waals surface area contributed by atoms with Gasteiger partial charge >= 0.3 is 5.97 Å². The Kier molecular flexibility index (Phi) is 4.12. The van der Waals surface area contributed by atoms with Gasteiger partial charge in [-0.1, -0.05) is 6.07 Å². The van der Waals surface area contributed by atoms with Crippen molar-refractivity contribution >= 4 is 32.8 Å². The number of esters is 1. The Morgan fingerprint density at radius 3 is 2.88 bits per heavy atom. The standard InChI is InChI=1S/C20H19BrN2O2/c1-23-11-17(21)15-7-12(3-6-19(15)23)8-18-16(20(24)25-2)9-14(10-22-18)13-4-5-13/h3,6-7,9-11,13H,4-5,8H2,1-2H3. The van der Waals surface area contributed by atoms with Crippen LogP contribution in [0.1, 0.15) is 45.9 Å². The Bertz CT molecular complexity index is 973. The van der Waals surface area contributed by atoms with Crippen LogP contribution in [0.3, 0.4) is 0 Å². The molecule has 1 aliphatic rings. The molecule has 1 fully saturated rings. The smallest absolute Gasteiger partial charge is 0.339 e. The van der Waals surface area contributed by atoms with E-state index >= 15 is 0 Å². The third-order valence-electron chi connectivity index (χ3n) is 4.82. The third-order valence-corrected chi connectivity index (χ3v) is 5.45. The second-order valence-electron chi connectivity index (χ2n) is 6.64. The summed E-state index contributed by atoms with van der Waals surface area (Å²) in [5.41, 5.74) is 4.78. The first-order valence-electron chi connectivity index (χ1n) is 8.37. The number of hydrogen-bond acceptors (Lipinski definition) is 3. The van der Waals surface area contributed by atoms with E-state index in [1.54, 1.807) is 0 Å². The number of pyridine rings is 1. The molecule has 0 aliphatic heterocycles. The average Bonchev–Trinajstić information content (AvgIpc) is 3.42. The second-order valence-corrected chi connectivity index (χ2v) is 7.50. The van der Waals surface area contributed by atoms with E-state index in [1.807, 2.05) is 19.3 Å². The molecular weight excluding hydrogens is 380 g/mol. The Hall–Kier alpha value is -2.14. The fraction of sp³-hybridized carbons (Fsp3) is 0.300. The predicted molar refractivity (Wildman–Crippen MR) is 101 cm³/mol. The summed E-state index contributed by atoms with van der Waals surface area (Å²) in [6.45, 7) is 0. The lowest BCUT2D eigenvalue weighted by Crippen LogP contribution is -2.09. The summed E-state index contributed by atoms with van der Waals surface area (Å²) in [6.07, 6.45) is 6.93. The third kappa shape index (κ3) is 3.09. The summed E-state index contributed by atoms with van der Waals surface area (Å²) in [5, 5.41) is 1.16. The van der Waals surface area contributed by atoms with Gasteiger partial charge in [0.15, 0.2) is 0 Å². The molecule has 128 valence electrons. The van der Waals surface area contributed by atoms with Crippen molar-refractivity contribution in [3.8, 4) is 0 Å². The van der Waals surface area contributed by atoms with Crippen LogP contribution in [0, 0.1) is 0 Å². The zero-order valence-corrected chi connectivity index (χ0v) is 15.8. The maximum absolute atomic E-state index is 12.2. The van der Waals surface area contributed by atoms with Gasteiger partial charge < -0.3 is 9.30 Å². The number of benzene rings is 1. The Morgan fingerprint density at radius 1 is 1.36 bits per heavy atom. The summed E-state index contributed by atoms with van der Waals surface area (Å²) in [7, 11) is 3.45. The van der Waals surface area contributed by atoms with E-state index in [0.717, 1.165) is 26.7 Å². The highest BCUT2D eigenvalue weighted by atomic mass is 79.9. The molecule has 0 bridgehead atoms. The average molecular weight is 399 g/mol. The van der Waals surface area contributed by atoms with Gasteiger partial charge in [0.05, 0.1) is 18.4 Å². The van der Waals surface area contributed by atoms with E-state index in [2.05, 4.69) is 49.9 Å². The molecule has 3 aromatic rings. The van der Waals surface area contributed by atoms with E-state index < -0.39 is 0 Å². The van der Waals surface area contributed by atoms with Crippen LogP contribution >= 0.6 is 15.9 Å². The summed E-state index contributed by atoms with van der Waals surface area (Å²) >= 11 is 3.61. The minimum Gasteiger partial charge on any atom is -0.465 e. The largest absolute Gasteiger partial charge is 0.465 e. The van der Waals surface area contributed by atoms with Crippen molar-refractivity contribution in [2.24, 2.45) is 7.05 Å². The first-order chi connectivity index (χ1) is 12.1. The maximum Gasteiger partial charge on any atom is 0.339 e. The highest BCUT2D eigenvalue weighted by Gasteiger charge is 2.26. The number of carbonyl (C=O) groups excluding carboxylic acids is 1. The second kappa shape index (κ2) is 6.30. The molecule has 0 unspecified atom stereocenters. The number of nitrogens with zero attached hydrogens (tertiary/aromatic N) is 2. The van der Waals surface area contributed by atoms with Gasteiger partial charge in [0.2, 0.25) is 0 Å². The Balaban J connectivity index is 1.72. The maximum atomic E-state index is 12.2. The van der Waals surface area contributed by atoms with Crippen LogP contribution in [-0.4, -0.2) is 22.6 Å². The van der Waals surface area contributed by atoms with Crippen LogP contribution in [-0.2, 0) is 18.2 Å². The van der Waals surface area contributed by atoms with Gasteiger partial charge in [0.25, 0.3) is 0 Å². The van der Waals surface area contributed by atoms with E-state index in [-0.39, 0.29) is 5.97 Å². The molecule has 5 heteroatoms. The molecule has 0 amide bonds. The van der Waals surface area contributed by atoms with Gasteiger partial charge in [-0.15, -0.1) is 0 Å². The quantitative estimate of drug-likeness (QED) is 0.603. The number of hydrogen-bond donors (Lipinski definition) is 0. The molecular formula is C20H19BrN2O2. The van der Waals surface area contributed by atoms with Crippen LogP contribution in [0.2, 0.25) is 0 Å². The first kappa shape index (κ1) is 16.3. The summed E-state index contributed by atoms with van der Waals surface area (Å²) in [6, 6.07) is 8.30. The highest BCUT2D eigenvalue weighted by molar-refractivity contribution is 9.10. The van der Waals surface area contributed by atoms with Crippen molar-refractivity contribution in [2.45, 2.75) is 25.2 Å². The van der Waals surface area contributed by atoms with Crippen molar-refractivity contribution in [1.82, 2.24) is 9.55 Å². The van der Waals surface area contributed by atoms with Crippen LogP contribution in [0.25, 0.3) is 10.9 Å². The van der Waals surface area contributed by atoms with Gasteiger partial charge in [-0.05, 0) is 64.0 Å². The molecule has 4 nitrogen and oxygen atoms in total. The number of carbonyl (C=O) groups is 1. The van der Waals surface area contributed by atoms with Gasteiger partial charge in [0.1, 0.15) is 0 Å². The molecule has 0 spiro atoms. The normalized spacial score (nSPS) is 14.0. The molecule has 1 aromatic carbocycles. The fourth-order valence-electron chi connectivity index (χ4n) is 3.27. The van der Waals surface area contributed by atoms with E-state index in [1.165, 1.54) is 25.5 Å². The van der Waals surface area contributed by atoms with Crippen molar-refractivity contribution < 1.29 is 9.53 Å². The molecule has 1 saturated carbocycles. The van der Waals surface area contributed by atoms with Crippen molar-refractivity contribution in [2.75, 3.05) is 7.11 Å². The van der Waals surface area contributed by atoms with Crippen molar-refractivity contribution in [3.63, 3.8) is 0 Å². The van der Waals surface area contributed by atoms with Gasteiger partial charge in [-0.3, -0.25) is 4.98 Å². The molecule has 0 radical (unpaired) electrons. The highest BCUT2D eigenvalue weighted by Crippen LogP contribution is 2.40. The number of methoxy groups -OCH3 is 1. The topological polar surface area (TPSA) is 44.1 Å². The van der Waals surface area contributed by atoms with Crippen LogP contribution in [0.4, 0.5) is 0 Å². The van der Waals surface area contributed by atoms with Crippen LogP contribution < -0.4 is 0 Å². The molecule has 2 heterocycles. The SMILES string of the molecule is COC(=O)c1cc(C2CC2)cnc1Cc1ccc2c(c1)c(Br)cn2C. The zero-order chi connectivity index (χ0) is 17.6. The lowest BCUT2D eigenvalue weighted by atomic mass is 10.0. The van der Waals surface area contributed by atoms with Crippen LogP contribution in [0.5, 0.6) is 0 Å². The Labute approximate surface area is 155 Å². The molecule has 0 saturated heterocycles. The van der Waals surface area contributed by atoms with E-state index in [4.69, 9.17) is 4.74 Å². The number of ether oxygens (including phenoxy) is 1. The zero-order valence-electron chi connectivity index (χ0n) is 14.3. The summed E-state index contributed by atoms with van der Waals surface area (Å²) < 4.78 is 8.13. The summed E-state index contributed by atoms with van der Waals surface area (Å²) in [4.78, 5) is 16.8. The van der Waals surface area contributed by atoms with Crippen LogP contribution in [0.15, 0.2) is 41.1 Å². The van der Waals surface area contributed by atoms with E-state index in [0.29, 0.717) is 17.9 Å². The Morgan fingerprint density at radius 2 is 2.16 bits per heavy atom. The van der Waals surface area contributed by atoms with E-state index in [9.17, 15) is 4.79 Å². The summed E-state index contributed by atoms with van der Waals surface area (Å²) in [5.74, 6) is 0.244. The minimum atomic E-state index is -0.313. The monoisotopic (exact) mass is 398 g/mol. The van der Waals surface area contributed by atoms with Gasteiger partial charge in [-0.2, -0.15) is 0 Å². The number of rotatable bonds is 4. The fourth-order valence-corrected chi connectivity index (χ4v) is 3.90. The molecule has 1 aliphatic carbocycles. The molecule has 4 rings (SSSR count). The number of aromatic nitrogens is 2. The first-order valence-corrected chi connectivity index (χ1v) is 9.16. The molecule has 25 heavy (non-hydrogen) atoms. The minimum absolute atomic E-state index is 0.313. The van der Waals surface area contributed by atoms with Crippen molar-refractivity contribution in [3.05, 3.63) is 63.5 Å². The molecule has 0 atom stereocenters. The predicted octanol–water partition coefficient (Wildman–Crippen LogP) is 4.59.